The summed E-state index contributed by atoms with van der Waals surface area (Å²) < 4.78 is 5.85. The van der Waals surface area contributed by atoms with Gasteiger partial charge in [0.25, 0.3) is 0 Å². The Morgan fingerprint density at radius 2 is 1.76 bits per heavy atom. The Kier molecular flexibility index (Phi) is 7.17. The molecular weight excluding hydrogens is 328 g/mol. The Morgan fingerprint density at radius 1 is 1.16 bits per heavy atom. The number of aryl methyl sites for hydroxylation is 1. The molecule has 0 bridgehead atoms. The van der Waals surface area contributed by atoms with Gasteiger partial charge in [-0.1, -0.05) is 42.3 Å². The molecular formula is C21H32N2OS. The molecule has 25 heavy (non-hydrogen) atoms. The number of rotatable bonds is 6. The molecule has 0 unspecified atom stereocenters. The topological polar surface area (TPSA) is 61.3 Å². The molecule has 0 amide bonds. The van der Waals surface area contributed by atoms with Crippen molar-refractivity contribution >= 4 is 12.6 Å². The number of hydrogen-bond acceptors (Lipinski definition) is 4. The van der Waals surface area contributed by atoms with E-state index in [0.717, 1.165) is 12.0 Å². The van der Waals surface area contributed by atoms with Crippen LogP contribution in [0.4, 0.5) is 0 Å². The van der Waals surface area contributed by atoms with E-state index in [4.69, 9.17) is 16.2 Å². The molecule has 2 rings (SSSR count). The summed E-state index contributed by atoms with van der Waals surface area (Å²) in [7, 11) is 0. The van der Waals surface area contributed by atoms with Crippen molar-refractivity contribution in [1.82, 2.24) is 0 Å². The highest BCUT2D eigenvalue weighted by atomic mass is 32.1. The molecule has 0 aromatic heterocycles. The fourth-order valence-corrected chi connectivity index (χ4v) is 3.59. The van der Waals surface area contributed by atoms with Gasteiger partial charge in [0.05, 0.1) is 0 Å². The quantitative estimate of drug-likeness (QED) is 0.391. The molecule has 0 aliphatic heterocycles. The summed E-state index contributed by atoms with van der Waals surface area (Å²) in [5.41, 5.74) is 16.0. The van der Waals surface area contributed by atoms with Crippen molar-refractivity contribution in [2.75, 3.05) is 0 Å². The summed E-state index contributed by atoms with van der Waals surface area (Å²) >= 11 is 4.58. The minimum atomic E-state index is -1.30. The van der Waals surface area contributed by atoms with Gasteiger partial charge in [0.1, 0.15) is 5.75 Å². The van der Waals surface area contributed by atoms with Crippen molar-refractivity contribution in [1.29, 1.82) is 0 Å². The smallest absolute Gasteiger partial charge is 0.236 e. The second-order valence-corrected chi connectivity index (χ2v) is 7.90. The van der Waals surface area contributed by atoms with Crippen molar-refractivity contribution in [3.8, 4) is 5.75 Å². The number of allylic oxidation sites excluding steroid dienone is 3. The number of benzene rings is 1. The van der Waals surface area contributed by atoms with E-state index in [1.54, 1.807) is 0 Å². The highest BCUT2D eigenvalue weighted by Crippen LogP contribution is 2.32. The van der Waals surface area contributed by atoms with E-state index in [-0.39, 0.29) is 0 Å². The van der Waals surface area contributed by atoms with Crippen molar-refractivity contribution in [2.45, 2.75) is 64.0 Å². The predicted molar refractivity (Wildman–Crippen MR) is 110 cm³/mol. The molecule has 0 radical (unpaired) electrons. The average molecular weight is 361 g/mol. The Hall–Kier alpha value is -1.23. The molecule has 4 heteroatoms. The van der Waals surface area contributed by atoms with E-state index in [9.17, 15) is 0 Å². The van der Waals surface area contributed by atoms with Gasteiger partial charge in [0, 0.05) is 10.8 Å². The van der Waals surface area contributed by atoms with Crippen molar-refractivity contribution < 1.29 is 4.74 Å². The maximum atomic E-state index is 6.27. The normalized spacial score (nSPS) is 22.8. The minimum absolute atomic E-state index is 0.564. The van der Waals surface area contributed by atoms with E-state index in [1.807, 2.05) is 44.2 Å². The lowest BCUT2D eigenvalue weighted by molar-refractivity contribution is 0.119. The van der Waals surface area contributed by atoms with Crippen LogP contribution in [0.5, 0.6) is 5.75 Å². The third kappa shape index (κ3) is 5.91. The monoisotopic (exact) mass is 360 g/mol. The molecule has 0 atom stereocenters. The molecule has 0 spiro atoms. The second-order valence-electron chi connectivity index (χ2n) is 7.17. The number of nitrogens with two attached hydrogens (primary N) is 2. The molecule has 1 aliphatic rings. The molecule has 1 aromatic rings. The van der Waals surface area contributed by atoms with Crippen LogP contribution in [0.1, 0.15) is 51.5 Å². The Bertz CT molecular complexity index is 611. The van der Waals surface area contributed by atoms with Crippen LogP contribution >= 0.6 is 12.6 Å². The van der Waals surface area contributed by atoms with Crippen LogP contribution in [-0.2, 0) is 0 Å². The van der Waals surface area contributed by atoms with Crippen molar-refractivity contribution in [3.05, 3.63) is 53.1 Å². The molecule has 1 aliphatic carbocycles. The zero-order valence-electron chi connectivity index (χ0n) is 15.7. The molecule has 138 valence electrons. The standard InChI is InChI=1S/C21H32N2OS/c1-4-18(10-7-16(3)17-8-13-20(25)14-9-17)21(22,23)24-19-11-5-15(2)6-12-19/h5-7,10-12,17,20,25H,4,8-9,13-14,22-23H2,1-3H3/b16-7+,18-10+. The fraction of sp³-hybridized carbons (Fsp3) is 0.524. The first-order chi connectivity index (χ1) is 11.8. The zero-order chi connectivity index (χ0) is 18.4. The SMILES string of the molecule is CC/C(=C\C=C(/C)C1CCC(S)CC1)C(N)(N)Oc1ccc(C)cc1. The van der Waals surface area contributed by atoms with Gasteiger partial charge < -0.3 is 4.74 Å². The third-order valence-electron chi connectivity index (χ3n) is 5.08. The van der Waals surface area contributed by atoms with E-state index >= 15 is 0 Å². The van der Waals surface area contributed by atoms with Crippen LogP contribution in [0.3, 0.4) is 0 Å². The average Bonchev–Trinajstić information content (AvgIpc) is 2.57. The summed E-state index contributed by atoms with van der Waals surface area (Å²) in [5.74, 6) is 0.0206. The van der Waals surface area contributed by atoms with Gasteiger partial charge in [-0.2, -0.15) is 12.6 Å². The van der Waals surface area contributed by atoms with Gasteiger partial charge in [0.15, 0.2) is 0 Å². The highest BCUT2D eigenvalue weighted by Gasteiger charge is 2.26. The van der Waals surface area contributed by atoms with Gasteiger partial charge in [0.2, 0.25) is 5.85 Å². The van der Waals surface area contributed by atoms with E-state index in [2.05, 4.69) is 25.6 Å². The summed E-state index contributed by atoms with van der Waals surface area (Å²) in [6, 6.07) is 7.77. The van der Waals surface area contributed by atoms with E-state index in [1.165, 1.54) is 36.8 Å². The molecule has 1 aromatic carbocycles. The molecule has 3 nitrogen and oxygen atoms in total. The Labute approximate surface area is 157 Å². The molecule has 0 saturated heterocycles. The lowest BCUT2D eigenvalue weighted by atomic mass is 9.84. The predicted octanol–water partition coefficient (Wildman–Crippen LogP) is 4.72. The van der Waals surface area contributed by atoms with Gasteiger partial charge in [-0.15, -0.1) is 0 Å². The van der Waals surface area contributed by atoms with Gasteiger partial charge in [-0.05, 0) is 64.0 Å². The van der Waals surface area contributed by atoms with Crippen molar-refractivity contribution in [3.63, 3.8) is 0 Å². The minimum Gasteiger partial charge on any atom is -0.456 e. The Morgan fingerprint density at radius 3 is 2.32 bits per heavy atom. The number of hydrogen-bond donors (Lipinski definition) is 3. The van der Waals surface area contributed by atoms with E-state index < -0.39 is 5.85 Å². The summed E-state index contributed by atoms with van der Waals surface area (Å²) in [6.45, 7) is 6.28. The Balaban J connectivity index is 2.08. The van der Waals surface area contributed by atoms with Gasteiger partial charge >= 0.3 is 0 Å². The fourth-order valence-electron chi connectivity index (χ4n) is 3.29. The third-order valence-corrected chi connectivity index (χ3v) is 5.59. The number of ether oxygens (including phenoxy) is 1. The first-order valence-electron chi connectivity index (χ1n) is 9.21. The van der Waals surface area contributed by atoms with Gasteiger partial charge in [-0.3, -0.25) is 11.5 Å². The first-order valence-corrected chi connectivity index (χ1v) is 9.72. The molecule has 0 heterocycles. The maximum absolute atomic E-state index is 6.27. The number of thiol groups is 1. The largest absolute Gasteiger partial charge is 0.456 e. The zero-order valence-corrected chi connectivity index (χ0v) is 16.6. The second kappa shape index (κ2) is 8.93. The lowest BCUT2D eigenvalue weighted by Gasteiger charge is -2.29. The van der Waals surface area contributed by atoms with Crippen LogP contribution in [0.25, 0.3) is 0 Å². The van der Waals surface area contributed by atoms with E-state index in [0.29, 0.717) is 16.9 Å². The summed E-state index contributed by atoms with van der Waals surface area (Å²) in [4.78, 5) is 0. The highest BCUT2D eigenvalue weighted by molar-refractivity contribution is 7.80. The van der Waals surface area contributed by atoms with Crippen LogP contribution < -0.4 is 16.2 Å². The van der Waals surface area contributed by atoms with Gasteiger partial charge in [-0.25, -0.2) is 0 Å². The van der Waals surface area contributed by atoms with Crippen LogP contribution in [0, 0.1) is 12.8 Å². The van der Waals surface area contributed by atoms with Crippen LogP contribution in [0.15, 0.2) is 47.6 Å². The lowest BCUT2D eigenvalue weighted by Crippen LogP contribution is -2.56. The molecule has 4 N–H and O–H groups in total. The van der Waals surface area contributed by atoms with Crippen LogP contribution in [0.2, 0.25) is 0 Å². The molecule has 1 saturated carbocycles. The van der Waals surface area contributed by atoms with Crippen LogP contribution in [-0.4, -0.2) is 11.1 Å². The molecule has 1 fully saturated rings. The maximum Gasteiger partial charge on any atom is 0.236 e. The van der Waals surface area contributed by atoms with Crippen molar-refractivity contribution in [2.24, 2.45) is 17.4 Å². The summed E-state index contributed by atoms with van der Waals surface area (Å²) in [5, 5.41) is 0.564. The summed E-state index contributed by atoms with van der Waals surface area (Å²) in [6.07, 6.45) is 9.75. The first kappa shape index (κ1) is 20.1.